The summed E-state index contributed by atoms with van der Waals surface area (Å²) in [6.45, 7) is 8.67. The predicted molar refractivity (Wildman–Crippen MR) is 119 cm³/mol. The minimum Gasteiger partial charge on any atom is -0.497 e. The Morgan fingerprint density at radius 1 is 0.967 bits per heavy atom. The first kappa shape index (κ1) is 21.8. The highest BCUT2D eigenvalue weighted by Gasteiger charge is 2.20. The molecule has 1 fully saturated rings. The molecule has 0 aromatic heterocycles. The summed E-state index contributed by atoms with van der Waals surface area (Å²) in [7, 11) is 1.68. The molecule has 1 saturated heterocycles. The monoisotopic (exact) mass is 413 g/mol. The molecular weight excluding hydrogens is 382 g/mol. The highest BCUT2D eigenvalue weighted by molar-refractivity contribution is 5.94. The molecule has 7 heteroatoms. The second kappa shape index (κ2) is 10.7. The number of carbonyl (C=O) groups excluding carboxylic acids is 1. The van der Waals surface area contributed by atoms with Gasteiger partial charge >= 0.3 is 0 Å². The minimum atomic E-state index is -0.0561. The van der Waals surface area contributed by atoms with Gasteiger partial charge in [0.2, 0.25) is 5.91 Å². The summed E-state index contributed by atoms with van der Waals surface area (Å²) in [6.07, 6.45) is 0. The second-order valence-electron chi connectivity index (χ2n) is 7.04. The van der Waals surface area contributed by atoms with Gasteiger partial charge in [0.15, 0.2) is 0 Å². The molecule has 2 aromatic rings. The Morgan fingerprint density at radius 3 is 2.43 bits per heavy atom. The highest BCUT2D eigenvalue weighted by Crippen LogP contribution is 2.29. The fourth-order valence-electron chi connectivity index (χ4n) is 3.51. The normalized spacial score (nSPS) is 14.3. The van der Waals surface area contributed by atoms with Crippen molar-refractivity contribution in [2.45, 2.75) is 13.8 Å². The Labute approximate surface area is 178 Å². The molecule has 1 N–H and O–H groups in total. The van der Waals surface area contributed by atoms with E-state index in [0.717, 1.165) is 37.6 Å². The average molecular weight is 414 g/mol. The van der Waals surface area contributed by atoms with Crippen molar-refractivity contribution in [2.24, 2.45) is 0 Å². The van der Waals surface area contributed by atoms with Gasteiger partial charge in [-0.15, -0.1) is 0 Å². The Bertz CT molecular complexity index is 835. The van der Waals surface area contributed by atoms with E-state index in [1.165, 1.54) is 0 Å². The van der Waals surface area contributed by atoms with E-state index in [9.17, 15) is 4.79 Å². The largest absolute Gasteiger partial charge is 0.497 e. The van der Waals surface area contributed by atoms with Gasteiger partial charge in [-0.25, -0.2) is 0 Å². The smallest absolute Gasteiger partial charge is 0.238 e. The predicted octanol–water partition coefficient (Wildman–Crippen LogP) is 3.25. The molecule has 0 bridgehead atoms. The molecular formula is C23H31N3O4. The number of carbonyl (C=O) groups is 1. The van der Waals surface area contributed by atoms with Crippen LogP contribution in [0.3, 0.4) is 0 Å². The van der Waals surface area contributed by atoms with Crippen molar-refractivity contribution in [3.63, 3.8) is 0 Å². The summed E-state index contributed by atoms with van der Waals surface area (Å²) in [5.41, 5.74) is 1.79. The van der Waals surface area contributed by atoms with Gasteiger partial charge in [-0.3, -0.25) is 9.69 Å². The average Bonchev–Trinajstić information content (AvgIpc) is 2.76. The number of ether oxygens (including phenoxy) is 3. The van der Waals surface area contributed by atoms with Crippen LogP contribution in [0, 0.1) is 0 Å². The molecule has 2 aromatic carbocycles. The van der Waals surface area contributed by atoms with E-state index in [1.807, 2.05) is 50.2 Å². The van der Waals surface area contributed by atoms with Crippen LogP contribution in [0.5, 0.6) is 17.2 Å². The standard InChI is InChI=1S/C23H31N3O4/c1-4-29-20-9-10-22(30-5-2)21(16-20)24-23(27)17-25-11-13-26(14-12-25)18-7-6-8-19(15-18)28-3/h6-10,15-16H,4-5,11-14,17H2,1-3H3,(H,24,27). The summed E-state index contributed by atoms with van der Waals surface area (Å²) < 4.78 is 16.5. The van der Waals surface area contributed by atoms with Crippen molar-refractivity contribution in [1.82, 2.24) is 4.90 Å². The number of piperazine rings is 1. The molecule has 0 radical (unpaired) electrons. The molecule has 0 aliphatic carbocycles. The number of hydrogen-bond donors (Lipinski definition) is 1. The summed E-state index contributed by atoms with van der Waals surface area (Å²) >= 11 is 0. The van der Waals surface area contributed by atoms with Crippen molar-refractivity contribution in [3.05, 3.63) is 42.5 Å². The van der Waals surface area contributed by atoms with E-state index in [4.69, 9.17) is 14.2 Å². The zero-order valence-corrected chi connectivity index (χ0v) is 18.0. The maximum atomic E-state index is 12.7. The quantitative estimate of drug-likeness (QED) is 0.681. The Balaban J connectivity index is 1.55. The highest BCUT2D eigenvalue weighted by atomic mass is 16.5. The maximum absolute atomic E-state index is 12.7. The molecule has 1 heterocycles. The van der Waals surface area contributed by atoms with E-state index in [1.54, 1.807) is 7.11 Å². The molecule has 0 unspecified atom stereocenters. The van der Waals surface area contributed by atoms with Crippen LogP contribution in [0.1, 0.15) is 13.8 Å². The van der Waals surface area contributed by atoms with Crippen LogP contribution in [0.4, 0.5) is 11.4 Å². The lowest BCUT2D eigenvalue weighted by atomic mass is 10.2. The summed E-state index contributed by atoms with van der Waals surface area (Å²) in [5.74, 6) is 2.16. The lowest BCUT2D eigenvalue weighted by molar-refractivity contribution is -0.117. The van der Waals surface area contributed by atoms with Gasteiger partial charge in [0, 0.05) is 44.0 Å². The third-order valence-electron chi connectivity index (χ3n) is 4.99. The zero-order chi connectivity index (χ0) is 21.3. The number of methoxy groups -OCH3 is 1. The second-order valence-corrected chi connectivity index (χ2v) is 7.04. The first-order chi connectivity index (χ1) is 14.6. The van der Waals surface area contributed by atoms with Gasteiger partial charge < -0.3 is 24.4 Å². The molecule has 162 valence electrons. The Kier molecular flexibility index (Phi) is 7.79. The molecule has 1 aliphatic heterocycles. The number of hydrogen-bond acceptors (Lipinski definition) is 6. The Morgan fingerprint density at radius 2 is 1.73 bits per heavy atom. The first-order valence-corrected chi connectivity index (χ1v) is 10.4. The molecule has 7 nitrogen and oxygen atoms in total. The van der Waals surface area contributed by atoms with Crippen molar-refractivity contribution in [3.8, 4) is 17.2 Å². The number of benzene rings is 2. The van der Waals surface area contributed by atoms with Gasteiger partial charge in [-0.2, -0.15) is 0 Å². The van der Waals surface area contributed by atoms with E-state index >= 15 is 0 Å². The molecule has 1 aliphatic rings. The summed E-state index contributed by atoms with van der Waals surface area (Å²) in [4.78, 5) is 17.1. The van der Waals surface area contributed by atoms with Crippen LogP contribution < -0.4 is 24.4 Å². The van der Waals surface area contributed by atoms with Gasteiger partial charge in [0.1, 0.15) is 17.2 Å². The summed E-state index contributed by atoms with van der Waals surface area (Å²) in [6, 6.07) is 13.6. The molecule has 1 amide bonds. The topological polar surface area (TPSA) is 63.3 Å². The van der Waals surface area contributed by atoms with Crippen molar-refractivity contribution in [2.75, 3.05) is 63.3 Å². The van der Waals surface area contributed by atoms with E-state index in [-0.39, 0.29) is 5.91 Å². The Hall–Kier alpha value is -2.93. The van der Waals surface area contributed by atoms with E-state index in [0.29, 0.717) is 36.9 Å². The number of nitrogens with zero attached hydrogens (tertiary/aromatic N) is 2. The number of rotatable bonds is 9. The molecule has 0 spiro atoms. The minimum absolute atomic E-state index is 0.0561. The molecule has 0 saturated carbocycles. The first-order valence-electron chi connectivity index (χ1n) is 10.4. The molecule has 3 rings (SSSR count). The van der Waals surface area contributed by atoms with Crippen molar-refractivity contribution >= 4 is 17.3 Å². The van der Waals surface area contributed by atoms with Crippen LogP contribution >= 0.6 is 0 Å². The van der Waals surface area contributed by atoms with Crippen molar-refractivity contribution < 1.29 is 19.0 Å². The number of nitrogens with one attached hydrogen (secondary N) is 1. The van der Waals surface area contributed by atoms with Crippen LogP contribution in [-0.2, 0) is 4.79 Å². The summed E-state index contributed by atoms with van der Waals surface area (Å²) in [5, 5.41) is 2.98. The van der Waals surface area contributed by atoms with Crippen LogP contribution in [0.15, 0.2) is 42.5 Å². The third kappa shape index (κ3) is 5.79. The number of amides is 1. The van der Waals surface area contributed by atoms with E-state index in [2.05, 4.69) is 21.2 Å². The third-order valence-corrected chi connectivity index (χ3v) is 4.99. The van der Waals surface area contributed by atoms with Crippen LogP contribution in [0.2, 0.25) is 0 Å². The van der Waals surface area contributed by atoms with Gasteiger partial charge in [0.25, 0.3) is 0 Å². The SMILES string of the molecule is CCOc1ccc(OCC)c(NC(=O)CN2CCN(c3cccc(OC)c3)CC2)c1. The zero-order valence-electron chi connectivity index (χ0n) is 18.0. The number of anilines is 2. The van der Waals surface area contributed by atoms with Gasteiger partial charge in [0.05, 0.1) is 32.6 Å². The van der Waals surface area contributed by atoms with Gasteiger partial charge in [-0.1, -0.05) is 6.07 Å². The van der Waals surface area contributed by atoms with E-state index < -0.39 is 0 Å². The molecule has 0 atom stereocenters. The van der Waals surface area contributed by atoms with Gasteiger partial charge in [-0.05, 0) is 38.1 Å². The fourth-order valence-corrected chi connectivity index (χ4v) is 3.51. The van der Waals surface area contributed by atoms with Crippen LogP contribution in [0.25, 0.3) is 0 Å². The molecule has 30 heavy (non-hydrogen) atoms. The van der Waals surface area contributed by atoms with Crippen LogP contribution in [-0.4, -0.2) is 63.9 Å². The van der Waals surface area contributed by atoms with Crippen molar-refractivity contribution in [1.29, 1.82) is 0 Å². The lowest BCUT2D eigenvalue weighted by Gasteiger charge is -2.35. The lowest BCUT2D eigenvalue weighted by Crippen LogP contribution is -2.48. The maximum Gasteiger partial charge on any atom is 0.238 e. The fraction of sp³-hybridized carbons (Fsp3) is 0.435.